The first-order valence-electron chi connectivity index (χ1n) is 10.6. The topological polar surface area (TPSA) is 102 Å². The zero-order valence-electron chi connectivity index (χ0n) is 17.6. The predicted octanol–water partition coefficient (Wildman–Crippen LogP) is 4.40. The maximum atomic E-state index is 12.8. The molecular formula is C23H21Cl2N7O. The quantitative estimate of drug-likeness (QED) is 0.435. The van der Waals surface area contributed by atoms with Gasteiger partial charge in [-0.25, -0.2) is 14.3 Å². The standard InChI is InChI=1S/C23H21Cl2N7O/c24-17-7-4-8-18(25)19(17)32-20(26)16-12-27-22(29-21(16)30-23(32)33)28-15-6-3-5-14(11-15)13-31-9-1-2-10-31/h3-8,11-12H,1-2,9-10,13,26H2,(H,28,29,30,33). The van der Waals surface area contributed by atoms with Crippen molar-refractivity contribution in [1.82, 2.24) is 24.4 Å². The van der Waals surface area contributed by atoms with Gasteiger partial charge >= 0.3 is 5.69 Å². The van der Waals surface area contributed by atoms with Crippen LogP contribution in [0.25, 0.3) is 16.7 Å². The second kappa shape index (κ2) is 8.97. The van der Waals surface area contributed by atoms with Gasteiger partial charge in [0.15, 0.2) is 5.65 Å². The molecule has 0 atom stereocenters. The van der Waals surface area contributed by atoms with Crippen LogP contribution in [0.15, 0.2) is 53.5 Å². The molecule has 3 heterocycles. The molecule has 8 nitrogen and oxygen atoms in total. The zero-order chi connectivity index (χ0) is 22.9. The predicted molar refractivity (Wildman–Crippen MR) is 132 cm³/mol. The SMILES string of the molecule is Nc1c2cnc(Nc3cccc(CN4CCCC4)c3)nc2nc(=O)n1-c1c(Cl)cccc1Cl. The highest BCUT2D eigenvalue weighted by atomic mass is 35.5. The van der Waals surface area contributed by atoms with E-state index in [9.17, 15) is 4.79 Å². The van der Waals surface area contributed by atoms with Gasteiger partial charge in [-0.1, -0.05) is 41.4 Å². The fourth-order valence-corrected chi connectivity index (χ4v) is 4.62. The van der Waals surface area contributed by atoms with Gasteiger partial charge in [-0.05, 0) is 55.8 Å². The average Bonchev–Trinajstić information content (AvgIpc) is 3.29. The number of hydrogen-bond acceptors (Lipinski definition) is 7. The molecule has 2 aromatic heterocycles. The Hall–Kier alpha value is -3.20. The van der Waals surface area contributed by atoms with E-state index in [4.69, 9.17) is 28.9 Å². The molecule has 1 saturated heterocycles. The summed E-state index contributed by atoms with van der Waals surface area (Å²) in [4.78, 5) is 28.1. The van der Waals surface area contributed by atoms with Crippen molar-refractivity contribution in [3.05, 3.63) is 74.8 Å². The van der Waals surface area contributed by atoms with Crippen LogP contribution in [0.4, 0.5) is 17.5 Å². The van der Waals surface area contributed by atoms with Crippen molar-refractivity contribution >= 4 is 51.7 Å². The first-order chi connectivity index (χ1) is 16.0. The van der Waals surface area contributed by atoms with E-state index in [1.807, 2.05) is 12.1 Å². The Morgan fingerprint density at radius 2 is 1.76 bits per heavy atom. The molecule has 1 fully saturated rings. The normalized spacial score (nSPS) is 14.1. The first kappa shape index (κ1) is 21.6. The smallest absolute Gasteiger partial charge is 0.355 e. The molecule has 0 bridgehead atoms. The number of aromatic nitrogens is 4. The monoisotopic (exact) mass is 481 g/mol. The lowest BCUT2D eigenvalue weighted by Crippen LogP contribution is -2.25. The molecule has 168 valence electrons. The number of rotatable bonds is 5. The number of para-hydroxylation sites is 1. The molecule has 0 spiro atoms. The number of hydrogen-bond donors (Lipinski definition) is 2. The van der Waals surface area contributed by atoms with Crippen molar-refractivity contribution in [3.8, 4) is 5.69 Å². The van der Waals surface area contributed by atoms with Crippen LogP contribution in [0, 0.1) is 0 Å². The Morgan fingerprint density at radius 1 is 1.03 bits per heavy atom. The van der Waals surface area contributed by atoms with Crippen LogP contribution in [-0.2, 0) is 6.54 Å². The summed E-state index contributed by atoms with van der Waals surface area (Å²) in [5.74, 6) is 0.430. The fraction of sp³-hybridized carbons (Fsp3) is 0.217. The van der Waals surface area contributed by atoms with Crippen LogP contribution in [0.2, 0.25) is 10.0 Å². The van der Waals surface area contributed by atoms with Crippen LogP contribution in [-0.4, -0.2) is 37.5 Å². The summed E-state index contributed by atoms with van der Waals surface area (Å²) in [6.07, 6.45) is 4.04. The van der Waals surface area contributed by atoms with E-state index < -0.39 is 5.69 Å². The van der Waals surface area contributed by atoms with Crippen molar-refractivity contribution in [3.63, 3.8) is 0 Å². The molecule has 1 aliphatic heterocycles. The van der Waals surface area contributed by atoms with E-state index in [0.29, 0.717) is 11.3 Å². The van der Waals surface area contributed by atoms with E-state index in [2.05, 4.69) is 37.3 Å². The van der Waals surface area contributed by atoms with E-state index in [0.717, 1.165) is 25.3 Å². The third-order valence-corrected chi connectivity index (χ3v) is 6.24. The summed E-state index contributed by atoms with van der Waals surface area (Å²) in [5.41, 5.74) is 8.18. The molecule has 3 N–H and O–H groups in total. The van der Waals surface area contributed by atoms with Crippen molar-refractivity contribution in [2.75, 3.05) is 24.1 Å². The molecule has 4 aromatic rings. The molecule has 0 radical (unpaired) electrons. The van der Waals surface area contributed by atoms with Crippen molar-refractivity contribution < 1.29 is 0 Å². The third kappa shape index (κ3) is 4.37. The molecule has 5 rings (SSSR count). The van der Waals surface area contributed by atoms with Crippen LogP contribution < -0.4 is 16.7 Å². The molecule has 0 aliphatic carbocycles. The Morgan fingerprint density at radius 3 is 2.52 bits per heavy atom. The van der Waals surface area contributed by atoms with Gasteiger partial charge in [-0.15, -0.1) is 0 Å². The third-order valence-electron chi connectivity index (χ3n) is 5.63. The molecule has 1 aliphatic rings. The second-order valence-corrected chi connectivity index (χ2v) is 8.74. The van der Waals surface area contributed by atoms with E-state index in [1.54, 1.807) is 18.2 Å². The minimum absolute atomic E-state index is 0.110. The van der Waals surface area contributed by atoms with Gasteiger partial charge in [0.05, 0.1) is 21.1 Å². The summed E-state index contributed by atoms with van der Waals surface area (Å²) in [6, 6.07) is 13.1. The number of nitrogens with one attached hydrogen (secondary N) is 1. The lowest BCUT2D eigenvalue weighted by Gasteiger charge is -2.15. The van der Waals surface area contributed by atoms with Gasteiger partial charge in [-0.3, -0.25) is 4.90 Å². The van der Waals surface area contributed by atoms with E-state index in [1.165, 1.54) is 29.2 Å². The number of halogens is 2. The van der Waals surface area contributed by atoms with Crippen LogP contribution in [0.3, 0.4) is 0 Å². The Bertz CT molecular complexity index is 1380. The minimum atomic E-state index is -0.632. The van der Waals surface area contributed by atoms with Gasteiger partial charge in [-0.2, -0.15) is 9.97 Å². The number of anilines is 3. The Labute approximate surface area is 200 Å². The summed E-state index contributed by atoms with van der Waals surface area (Å²) in [7, 11) is 0. The van der Waals surface area contributed by atoms with Crippen molar-refractivity contribution in [2.24, 2.45) is 0 Å². The summed E-state index contributed by atoms with van der Waals surface area (Å²) >= 11 is 12.5. The van der Waals surface area contributed by atoms with Gasteiger partial charge in [0, 0.05) is 18.4 Å². The maximum Gasteiger partial charge on any atom is 0.355 e. The number of nitrogens with two attached hydrogens (primary N) is 1. The summed E-state index contributed by atoms with van der Waals surface area (Å²) in [5, 5.41) is 4.17. The zero-order valence-corrected chi connectivity index (χ0v) is 19.1. The van der Waals surface area contributed by atoms with Crippen LogP contribution in [0.5, 0.6) is 0 Å². The first-order valence-corrected chi connectivity index (χ1v) is 11.3. The molecule has 2 aromatic carbocycles. The molecular weight excluding hydrogens is 461 g/mol. The van der Waals surface area contributed by atoms with Gasteiger partial charge in [0.2, 0.25) is 5.95 Å². The van der Waals surface area contributed by atoms with Crippen molar-refractivity contribution in [2.45, 2.75) is 19.4 Å². The van der Waals surface area contributed by atoms with Crippen LogP contribution in [0.1, 0.15) is 18.4 Å². The number of benzene rings is 2. The molecule has 0 saturated carbocycles. The molecule has 0 unspecified atom stereocenters. The number of nitrogens with zero attached hydrogens (tertiary/aromatic N) is 5. The maximum absolute atomic E-state index is 12.8. The molecule has 0 amide bonds. The Balaban J connectivity index is 1.47. The van der Waals surface area contributed by atoms with E-state index in [-0.39, 0.29) is 27.2 Å². The lowest BCUT2D eigenvalue weighted by molar-refractivity contribution is 0.331. The van der Waals surface area contributed by atoms with Crippen molar-refractivity contribution in [1.29, 1.82) is 0 Å². The minimum Gasteiger partial charge on any atom is -0.384 e. The molecule has 10 heteroatoms. The Kier molecular flexibility index (Phi) is 5.88. The van der Waals surface area contributed by atoms with E-state index >= 15 is 0 Å². The average molecular weight is 482 g/mol. The fourth-order valence-electron chi connectivity index (χ4n) is 4.06. The molecule has 33 heavy (non-hydrogen) atoms. The summed E-state index contributed by atoms with van der Waals surface area (Å²) in [6.45, 7) is 3.18. The van der Waals surface area contributed by atoms with Gasteiger partial charge in [0.1, 0.15) is 5.82 Å². The number of fused-ring (bicyclic) bond motifs is 1. The highest BCUT2D eigenvalue weighted by molar-refractivity contribution is 6.37. The number of likely N-dealkylation sites (tertiary alicyclic amines) is 1. The largest absolute Gasteiger partial charge is 0.384 e. The van der Waals surface area contributed by atoms with Crippen LogP contribution >= 0.6 is 23.2 Å². The summed E-state index contributed by atoms with van der Waals surface area (Å²) < 4.78 is 1.17. The van der Waals surface area contributed by atoms with Gasteiger partial charge in [0.25, 0.3) is 0 Å². The number of nitrogen functional groups attached to an aromatic ring is 1. The highest BCUT2D eigenvalue weighted by Gasteiger charge is 2.17. The lowest BCUT2D eigenvalue weighted by atomic mass is 10.2. The van der Waals surface area contributed by atoms with Gasteiger partial charge < -0.3 is 11.1 Å². The highest BCUT2D eigenvalue weighted by Crippen LogP contribution is 2.30. The second-order valence-electron chi connectivity index (χ2n) is 7.92.